The molecule has 3 rings (SSSR count). The maximum Gasteiger partial charge on any atom is 0.342 e. The zero-order chi connectivity index (χ0) is 16.4. The van der Waals surface area contributed by atoms with Crippen molar-refractivity contribution in [2.24, 2.45) is 0 Å². The fourth-order valence-corrected chi connectivity index (χ4v) is 3.24. The van der Waals surface area contributed by atoms with Gasteiger partial charge in [0.25, 0.3) is 10.0 Å². The molecule has 120 valence electrons. The summed E-state index contributed by atoms with van der Waals surface area (Å²) in [5.41, 5.74) is 0.689. The van der Waals surface area contributed by atoms with Gasteiger partial charge in [0.1, 0.15) is 5.56 Å². The number of carbonyl (C=O) groups excluding carboxylic acids is 1. The number of ether oxygens (including phenoxy) is 1. The van der Waals surface area contributed by atoms with Crippen molar-refractivity contribution in [3.8, 4) is 0 Å². The van der Waals surface area contributed by atoms with Crippen LogP contribution in [0.4, 0.5) is 5.69 Å². The Morgan fingerprint density at radius 1 is 1.26 bits per heavy atom. The van der Waals surface area contributed by atoms with Crippen LogP contribution in [0.5, 0.6) is 0 Å². The van der Waals surface area contributed by atoms with Crippen molar-refractivity contribution >= 4 is 32.6 Å². The first-order chi connectivity index (χ1) is 11.0. The Morgan fingerprint density at radius 3 is 2.83 bits per heavy atom. The predicted molar refractivity (Wildman–Crippen MR) is 81.4 cm³/mol. The lowest BCUT2D eigenvalue weighted by Crippen LogP contribution is -2.18. The molecule has 0 saturated heterocycles. The Kier molecular flexibility index (Phi) is 3.74. The molecule has 0 unspecified atom stereocenters. The summed E-state index contributed by atoms with van der Waals surface area (Å²) >= 11 is 0. The van der Waals surface area contributed by atoms with Gasteiger partial charge in [-0.15, -0.1) is 0 Å². The van der Waals surface area contributed by atoms with Gasteiger partial charge < -0.3 is 4.74 Å². The Morgan fingerprint density at radius 2 is 2.04 bits per heavy atom. The van der Waals surface area contributed by atoms with Crippen molar-refractivity contribution < 1.29 is 17.9 Å². The van der Waals surface area contributed by atoms with E-state index >= 15 is 0 Å². The average Bonchev–Trinajstić information content (AvgIpc) is 3.17. The third-order valence-corrected chi connectivity index (χ3v) is 4.43. The minimum absolute atomic E-state index is 0.129. The Hall–Kier alpha value is -2.88. The van der Waals surface area contributed by atoms with Crippen LogP contribution in [-0.2, 0) is 14.8 Å². The standard InChI is InChI=1S/C13H13N5O4S/c1-2-22-13(19)9-7-15-17-12(9)23(20,21)18-10-5-3-4-8-6-14-16-11(8)10/h3-7,18H,2H2,1H3,(H,14,16)(H,15,17). The number of rotatable bonds is 5. The predicted octanol–water partition coefficient (Wildman–Crippen LogP) is 1.26. The number of nitrogens with zero attached hydrogens (tertiary/aromatic N) is 2. The number of anilines is 1. The van der Waals surface area contributed by atoms with E-state index in [4.69, 9.17) is 4.74 Å². The van der Waals surface area contributed by atoms with E-state index in [1.807, 2.05) is 0 Å². The molecular formula is C13H13N5O4S. The molecule has 0 aliphatic heterocycles. The molecule has 0 saturated carbocycles. The number of hydrogen-bond donors (Lipinski definition) is 3. The molecule has 3 N–H and O–H groups in total. The molecule has 0 bridgehead atoms. The summed E-state index contributed by atoms with van der Waals surface area (Å²) in [5.74, 6) is -0.763. The molecule has 0 aliphatic carbocycles. The van der Waals surface area contributed by atoms with Gasteiger partial charge in [-0.2, -0.15) is 18.6 Å². The largest absolute Gasteiger partial charge is 0.462 e. The normalized spacial score (nSPS) is 11.5. The summed E-state index contributed by atoms with van der Waals surface area (Å²) in [6.45, 7) is 1.76. The highest BCUT2D eigenvalue weighted by atomic mass is 32.2. The van der Waals surface area contributed by atoms with Gasteiger partial charge in [-0.05, 0) is 13.0 Å². The van der Waals surface area contributed by atoms with Crippen LogP contribution in [0.1, 0.15) is 17.3 Å². The average molecular weight is 335 g/mol. The fraction of sp³-hybridized carbons (Fsp3) is 0.154. The second kappa shape index (κ2) is 5.72. The molecule has 0 aliphatic rings. The van der Waals surface area contributed by atoms with Crippen molar-refractivity contribution in [3.63, 3.8) is 0 Å². The van der Waals surface area contributed by atoms with E-state index in [1.54, 1.807) is 31.3 Å². The number of esters is 1. The van der Waals surface area contributed by atoms with Gasteiger partial charge in [-0.1, -0.05) is 12.1 Å². The quantitative estimate of drug-likeness (QED) is 0.602. The van der Waals surface area contributed by atoms with Crippen molar-refractivity contribution in [2.45, 2.75) is 11.9 Å². The summed E-state index contributed by atoms with van der Waals surface area (Å²) in [6.07, 6.45) is 2.69. The molecule has 2 heterocycles. The molecule has 1 aromatic carbocycles. The first-order valence-electron chi connectivity index (χ1n) is 6.68. The maximum absolute atomic E-state index is 12.5. The Balaban J connectivity index is 1.99. The Bertz CT molecular complexity index is 960. The zero-order valence-electron chi connectivity index (χ0n) is 12.0. The Labute approximate surface area is 131 Å². The molecule has 9 nitrogen and oxygen atoms in total. The molecular weight excluding hydrogens is 322 g/mol. The van der Waals surface area contributed by atoms with Crippen LogP contribution < -0.4 is 4.72 Å². The summed E-state index contributed by atoms with van der Waals surface area (Å²) in [5, 5.41) is 12.9. The van der Waals surface area contributed by atoms with Crippen molar-refractivity contribution in [1.29, 1.82) is 0 Å². The number of para-hydroxylation sites is 1. The topological polar surface area (TPSA) is 130 Å². The minimum atomic E-state index is -4.05. The smallest absolute Gasteiger partial charge is 0.342 e. The van der Waals surface area contributed by atoms with Crippen LogP contribution in [0.3, 0.4) is 0 Å². The van der Waals surface area contributed by atoms with Crippen molar-refractivity contribution in [1.82, 2.24) is 20.4 Å². The lowest BCUT2D eigenvalue weighted by Gasteiger charge is -2.08. The van der Waals surface area contributed by atoms with E-state index in [0.29, 0.717) is 11.2 Å². The van der Waals surface area contributed by atoms with Gasteiger partial charge >= 0.3 is 5.97 Å². The number of hydrogen-bond acceptors (Lipinski definition) is 6. The molecule has 0 amide bonds. The SMILES string of the molecule is CCOC(=O)c1cn[nH]c1S(=O)(=O)Nc1cccc2cn[nH]c12. The van der Waals surface area contributed by atoms with Gasteiger partial charge in [0.2, 0.25) is 0 Å². The van der Waals surface area contributed by atoms with E-state index in [2.05, 4.69) is 25.1 Å². The van der Waals surface area contributed by atoms with Crippen molar-refractivity contribution in [3.05, 3.63) is 36.2 Å². The molecule has 0 atom stereocenters. The number of aromatic amines is 2. The molecule has 0 fully saturated rings. The third kappa shape index (κ3) is 2.75. The van der Waals surface area contributed by atoms with E-state index in [1.165, 1.54) is 0 Å². The van der Waals surface area contributed by atoms with E-state index in [-0.39, 0.29) is 17.2 Å². The molecule has 0 spiro atoms. The highest BCUT2D eigenvalue weighted by Crippen LogP contribution is 2.24. The first-order valence-corrected chi connectivity index (χ1v) is 8.16. The van der Waals surface area contributed by atoms with Gasteiger partial charge in [-0.3, -0.25) is 14.9 Å². The minimum Gasteiger partial charge on any atom is -0.462 e. The summed E-state index contributed by atoms with van der Waals surface area (Å²) in [7, 11) is -4.05. The third-order valence-electron chi connectivity index (χ3n) is 3.09. The van der Waals surface area contributed by atoms with E-state index < -0.39 is 16.0 Å². The second-order valence-electron chi connectivity index (χ2n) is 4.58. The molecule has 0 radical (unpaired) electrons. The highest BCUT2D eigenvalue weighted by Gasteiger charge is 2.26. The number of carbonyl (C=O) groups is 1. The molecule has 10 heteroatoms. The lowest BCUT2D eigenvalue weighted by atomic mass is 10.2. The monoisotopic (exact) mass is 335 g/mol. The maximum atomic E-state index is 12.5. The fourth-order valence-electron chi connectivity index (χ4n) is 2.08. The molecule has 2 aromatic heterocycles. The molecule has 23 heavy (non-hydrogen) atoms. The van der Waals surface area contributed by atoms with Gasteiger partial charge in [0, 0.05) is 5.39 Å². The summed E-state index contributed by atoms with van der Waals surface area (Å²) in [4.78, 5) is 11.8. The van der Waals surface area contributed by atoms with Crippen LogP contribution in [0.15, 0.2) is 35.6 Å². The van der Waals surface area contributed by atoms with Crippen LogP contribution >= 0.6 is 0 Å². The number of nitrogens with one attached hydrogen (secondary N) is 3. The first kappa shape index (κ1) is 15.0. The van der Waals surface area contributed by atoms with Crippen LogP contribution in [0.25, 0.3) is 10.9 Å². The number of fused-ring (bicyclic) bond motifs is 1. The number of aromatic nitrogens is 4. The van der Waals surface area contributed by atoms with E-state index in [9.17, 15) is 13.2 Å². The van der Waals surface area contributed by atoms with Crippen molar-refractivity contribution in [2.75, 3.05) is 11.3 Å². The number of benzene rings is 1. The van der Waals surface area contributed by atoms with Crippen LogP contribution in [0.2, 0.25) is 0 Å². The van der Waals surface area contributed by atoms with Gasteiger partial charge in [0.15, 0.2) is 5.03 Å². The zero-order valence-corrected chi connectivity index (χ0v) is 12.8. The summed E-state index contributed by atoms with van der Waals surface area (Å²) < 4.78 is 32.3. The van der Waals surface area contributed by atoms with Crippen LogP contribution in [-0.4, -0.2) is 41.4 Å². The number of sulfonamides is 1. The van der Waals surface area contributed by atoms with Crippen LogP contribution in [0, 0.1) is 0 Å². The highest BCUT2D eigenvalue weighted by molar-refractivity contribution is 7.92. The molecule has 3 aromatic rings. The lowest BCUT2D eigenvalue weighted by molar-refractivity contribution is 0.0522. The second-order valence-corrected chi connectivity index (χ2v) is 6.20. The van der Waals surface area contributed by atoms with Gasteiger partial charge in [-0.25, -0.2) is 4.79 Å². The van der Waals surface area contributed by atoms with Gasteiger partial charge in [0.05, 0.1) is 30.2 Å². The number of H-pyrrole nitrogens is 2. The summed E-state index contributed by atoms with van der Waals surface area (Å²) in [6, 6.07) is 5.06. The van der Waals surface area contributed by atoms with E-state index in [0.717, 1.165) is 11.6 Å².